The summed E-state index contributed by atoms with van der Waals surface area (Å²) >= 11 is 0. The lowest BCUT2D eigenvalue weighted by atomic mass is 10.2. The molecule has 1 aliphatic carbocycles. The Kier molecular flexibility index (Phi) is 3.88. The van der Waals surface area contributed by atoms with Crippen LogP contribution in [-0.2, 0) is 6.54 Å². The number of carbonyl (C=O) groups is 1. The highest BCUT2D eigenvalue weighted by Crippen LogP contribution is 2.35. The molecule has 5 nitrogen and oxygen atoms in total. The first-order chi connectivity index (χ1) is 10.2. The molecule has 1 aliphatic heterocycles. The van der Waals surface area contributed by atoms with Gasteiger partial charge in [0.2, 0.25) is 5.88 Å². The molecule has 0 bridgehead atoms. The van der Waals surface area contributed by atoms with Crippen LogP contribution in [0.2, 0.25) is 0 Å². The van der Waals surface area contributed by atoms with Gasteiger partial charge < -0.3 is 15.4 Å². The van der Waals surface area contributed by atoms with E-state index in [0.717, 1.165) is 18.4 Å². The van der Waals surface area contributed by atoms with E-state index in [9.17, 15) is 9.18 Å². The molecule has 0 saturated heterocycles. The van der Waals surface area contributed by atoms with Gasteiger partial charge >= 0.3 is 0 Å². The second-order valence-electron chi connectivity index (χ2n) is 5.44. The Labute approximate surface area is 122 Å². The molecule has 0 aromatic carbocycles. The van der Waals surface area contributed by atoms with Crippen LogP contribution in [0.3, 0.4) is 0 Å². The van der Waals surface area contributed by atoms with Crippen molar-refractivity contribution >= 4 is 5.91 Å². The van der Waals surface area contributed by atoms with E-state index in [2.05, 4.69) is 4.98 Å². The number of rotatable bonds is 6. The Morgan fingerprint density at radius 2 is 2.38 bits per heavy atom. The zero-order chi connectivity index (χ0) is 14.8. The fraction of sp³-hybridized carbons (Fsp3) is 0.467. The smallest absolute Gasteiger partial charge is 0.256 e. The van der Waals surface area contributed by atoms with Crippen molar-refractivity contribution in [3.8, 4) is 5.88 Å². The third-order valence-corrected chi connectivity index (χ3v) is 3.81. The number of ether oxygens (including phenoxy) is 1. The van der Waals surface area contributed by atoms with Gasteiger partial charge in [-0.05, 0) is 36.9 Å². The number of aromatic nitrogens is 1. The maximum absolute atomic E-state index is 12.6. The van der Waals surface area contributed by atoms with E-state index in [0.29, 0.717) is 48.9 Å². The maximum atomic E-state index is 12.6. The Morgan fingerprint density at radius 3 is 3.05 bits per heavy atom. The van der Waals surface area contributed by atoms with E-state index in [1.807, 2.05) is 4.90 Å². The van der Waals surface area contributed by atoms with Gasteiger partial charge in [0.15, 0.2) is 0 Å². The fourth-order valence-corrected chi connectivity index (χ4v) is 2.48. The molecule has 1 fully saturated rings. The first kappa shape index (κ1) is 14.0. The number of nitrogens with zero attached hydrogens (tertiary/aromatic N) is 2. The predicted molar refractivity (Wildman–Crippen MR) is 75.5 cm³/mol. The lowest BCUT2D eigenvalue weighted by molar-refractivity contribution is 0.0766. The van der Waals surface area contributed by atoms with Crippen molar-refractivity contribution in [1.29, 1.82) is 0 Å². The van der Waals surface area contributed by atoms with Crippen molar-refractivity contribution in [3.63, 3.8) is 0 Å². The van der Waals surface area contributed by atoms with Crippen LogP contribution in [0.15, 0.2) is 24.2 Å². The lowest BCUT2D eigenvalue weighted by Gasteiger charge is -2.13. The van der Waals surface area contributed by atoms with E-state index in [1.165, 1.54) is 0 Å². The van der Waals surface area contributed by atoms with Gasteiger partial charge in [0, 0.05) is 24.8 Å². The molecule has 0 spiro atoms. The number of hydrogen-bond donors (Lipinski definition) is 1. The average molecular weight is 291 g/mol. The van der Waals surface area contributed by atoms with Crippen LogP contribution in [0, 0.1) is 0 Å². The quantitative estimate of drug-likeness (QED) is 0.867. The Morgan fingerprint density at radius 1 is 1.57 bits per heavy atom. The number of halogens is 1. The SMILES string of the molecule is NCC/C(=C\F)COc1cc2c(cn1)C(=O)N(C1CC1)C2. The van der Waals surface area contributed by atoms with Crippen molar-refractivity contribution in [1.82, 2.24) is 9.88 Å². The third-order valence-electron chi connectivity index (χ3n) is 3.81. The van der Waals surface area contributed by atoms with Gasteiger partial charge in [-0.3, -0.25) is 4.79 Å². The molecule has 1 amide bonds. The van der Waals surface area contributed by atoms with Crippen LogP contribution < -0.4 is 10.5 Å². The van der Waals surface area contributed by atoms with Crippen LogP contribution in [0.25, 0.3) is 0 Å². The van der Waals surface area contributed by atoms with E-state index in [4.69, 9.17) is 10.5 Å². The molecule has 2 aliphatic rings. The van der Waals surface area contributed by atoms with Gasteiger partial charge in [0.25, 0.3) is 5.91 Å². The van der Waals surface area contributed by atoms with Crippen LogP contribution in [0.4, 0.5) is 4.39 Å². The molecule has 21 heavy (non-hydrogen) atoms. The summed E-state index contributed by atoms with van der Waals surface area (Å²) in [6, 6.07) is 2.16. The molecule has 1 saturated carbocycles. The average Bonchev–Trinajstić information content (AvgIpc) is 3.28. The Hall–Kier alpha value is -1.95. The Bertz CT molecular complexity index is 584. The third kappa shape index (κ3) is 2.90. The first-order valence-electron chi connectivity index (χ1n) is 7.14. The maximum Gasteiger partial charge on any atom is 0.256 e. The van der Waals surface area contributed by atoms with Crippen molar-refractivity contribution in [2.75, 3.05) is 13.2 Å². The van der Waals surface area contributed by atoms with Gasteiger partial charge in [-0.15, -0.1) is 0 Å². The van der Waals surface area contributed by atoms with Crippen molar-refractivity contribution in [2.45, 2.75) is 31.8 Å². The van der Waals surface area contributed by atoms with Crippen molar-refractivity contribution < 1.29 is 13.9 Å². The molecule has 0 atom stereocenters. The molecule has 1 aromatic heterocycles. The molecule has 2 N–H and O–H groups in total. The highest BCUT2D eigenvalue weighted by molar-refractivity contribution is 5.98. The van der Waals surface area contributed by atoms with Crippen molar-refractivity contribution in [3.05, 3.63) is 35.3 Å². The summed E-state index contributed by atoms with van der Waals surface area (Å²) in [6.45, 7) is 1.12. The molecule has 3 rings (SSSR count). The summed E-state index contributed by atoms with van der Waals surface area (Å²) in [5, 5.41) is 0. The number of carbonyl (C=O) groups excluding carboxylic acids is 1. The summed E-state index contributed by atoms with van der Waals surface area (Å²) in [7, 11) is 0. The topological polar surface area (TPSA) is 68.5 Å². The lowest BCUT2D eigenvalue weighted by Crippen LogP contribution is -2.25. The van der Waals surface area contributed by atoms with E-state index < -0.39 is 0 Å². The number of pyridine rings is 1. The number of nitrogens with two attached hydrogens (primary N) is 1. The Balaban J connectivity index is 1.67. The largest absolute Gasteiger partial charge is 0.473 e. The highest BCUT2D eigenvalue weighted by Gasteiger charge is 2.38. The summed E-state index contributed by atoms with van der Waals surface area (Å²) in [4.78, 5) is 18.2. The number of fused-ring (bicyclic) bond motifs is 1. The van der Waals surface area contributed by atoms with Gasteiger partial charge in [0.05, 0.1) is 11.9 Å². The number of hydrogen-bond acceptors (Lipinski definition) is 4. The summed E-state index contributed by atoms with van der Waals surface area (Å²) in [5.74, 6) is 0.467. The minimum absolute atomic E-state index is 0.0547. The zero-order valence-electron chi connectivity index (χ0n) is 11.7. The van der Waals surface area contributed by atoms with Gasteiger partial charge in [-0.25, -0.2) is 9.37 Å². The van der Waals surface area contributed by atoms with E-state index in [1.54, 1.807) is 12.3 Å². The fourth-order valence-electron chi connectivity index (χ4n) is 2.48. The first-order valence-corrected chi connectivity index (χ1v) is 7.14. The van der Waals surface area contributed by atoms with Crippen molar-refractivity contribution in [2.24, 2.45) is 5.73 Å². The molecular formula is C15H18FN3O2. The van der Waals surface area contributed by atoms with E-state index >= 15 is 0 Å². The minimum Gasteiger partial charge on any atom is -0.473 e. The molecule has 6 heteroatoms. The molecule has 0 radical (unpaired) electrons. The molecular weight excluding hydrogens is 273 g/mol. The molecule has 0 unspecified atom stereocenters. The molecule has 112 valence electrons. The van der Waals surface area contributed by atoms with Gasteiger partial charge in [0.1, 0.15) is 6.61 Å². The summed E-state index contributed by atoms with van der Waals surface area (Å²) in [5.41, 5.74) is 7.47. The van der Waals surface area contributed by atoms with Crippen LogP contribution >= 0.6 is 0 Å². The van der Waals surface area contributed by atoms with Crippen LogP contribution in [-0.4, -0.2) is 35.0 Å². The zero-order valence-corrected chi connectivity index (χ0v) is 11.7. The summed E-state index contributed by atoms with van der Waals surface area (Å²) < 4.78 is 18.1. The standard InChI is InChI=1S/C15H18FN3O2/c16-6-10(3-4-17)9-21-14-5-11-8-19(12-1-2-12)15(20)13(11)7-18-14/h5-7,12H,1-4,8-9,17H2/b10-6+. The number of amides is 1. The van der Waals surface area contributed by atoms with Crippen LogP contribution in [0.5, 0.6) is 5.88 Å². The van der Waals surface area contributed by atoms with Gasteiger partial charge in [-0.1, -0.05) is 0 Å². The monoisotopic (exact) mass is 291 g/mol. The van der Waals surface area contributed by atoms with Gasteiger partial charge in [-0.2, -0.15) is 0 Å². The highest BCUT2D eigenvalue weighted by atomic mass is 19.1. The predicted octanol–water partition coefficient (Wildman–Crippen LogP) is 1.78. The normalized spacial score (nSPS) is 18.1. The molecule has 1 aromatic rings. The minimum atomic E-state index is 0.0547. The van der Waals surface area contributed by atoms with Crippen LogP contribution in [0.1, 0.15) is 35.2 Å². The second kappa shape index (κ2) is 5.81. The summed E-state index contributed by atoms with van der Waals surface area (Å²) in [6.07, 6.45) is 4.70. The molecule has 2 heterocycles. The van der Waals surface area contributed by atoms with E-state index in [-0.39, 0.29) is 12.5 Å². The second-order valence-corrected chi connectivity index (χ2v) is 5.44.